The minimum absolute atomic E-state index is 0.0344. The molecule has 1 aromatic rings. The third kappa shape index (κ3) is 2.80. The Balaban J connectivity index is 1.61. The number of benzene rings is 1. The normalized spacial score (nSPS) is 23.7. The van der Waals surface area contributed by atoms with Crippen molar-refractivity contribution in [3.8, 4) is 0 Å². The average molecular weight is 301 g/mol. The van der Waals surface area contributed by atoms with Crippen LogP contribution in [0.1, 0.15) is 36.6 Å². The van der Waals surface area contributed by atoms with Crippen molar-refractivity contribution in [3.63, 3.8) is 0 Å². The molecule has 1 aliphatic heterocycles. The highest BCUT2D eigenvalue weighted by atomic mass is 16.2. The maximum absolute atomic E-state index is 12.4. The summed E-state index contributed by atoms with van der Waals surface area (Å²) in [6, 6.07) is 6.63. The molecule has 2 aliphatic rings. The van der Waals surface area contributed by atoms with E-state index in [0.29, 0.717) is 19.0 Å². The Labute approximate surface area is 131 Å². The molecule has 3 rings (SSSR count). The zero-order valence-electron chi connectivity index (χ0n) is 13.3. The lowest BCUT2D eigenvalue weighted by Gasteiger charge is -2.40. The Bertz CT molecular complexity index is 608. The van der Waals surface area contributed by atoms with E-state index in [1.54, 1.807) is 4.90 Å². The summed E-state index contributed by atoms with van der Waals surface area (Å²) >= 11 is 0. The van der Waals surface area contributed by atoms with E-state index in [2.05, 4.69) is 42.7 Å². The van der Waals surface area contributed by atoms with Gasteiger partial charge in [-0.3, -0.25) is 4.79 Å². The molecule has 0 bridgehead atoms. The molecule has 2 N–H and O–H groups in total. The van der Waals surface area contributed by atoms with Crippen LogP contribution in [0.25, 0.3) is 0 Å². The van der Waals surface area contributed by atoms with Gasteiger partial charge in [0.05, 0.1) is 12.1 Å². The van der Waals surface area contributed by atoms with Crippen molar-refractivity contribution in [3.05, 3.63) is 34.9 Å². The largest absolute Gasteiger partial charge is 0.350 e. The van der Waals surface area contributed by atoms with Crippen molar-refractivity contribution < 1.29 is 9.59 Å². The van der Waals surface area contributed by atoms with Crippen molar-refractivity contribution in [2.75, 3.05) is 13.1 Å². The molecule has 1 saturated heterocycles. The Morgan fingerprint density at radius 2 is 1.95 bits per heavy atom. The summed E-state index contributed by atoms with van der Waals surface area (Å²) in [7, 11) is 0. The number of hydrogen-bond donors (Lipinski definition) is 2. The van der Waals surface area contributed by atoms with E-state index >= 15 is 0 Å². The third-order valence-electron chi connectivity index (χ3n) is 4.60. The zero-order valence-corrected chi connectivity index (χ0v) is 13.3. The second-order valence-electron chi connectivity index (χ2n) is 6.61. The Kier molecular flexibility index (Phi) is 3.81. The molecule has 1 heterocycles. The maximum atomic E-state index is 12.4. The van der Waals surface area contributed by atoms with Crippen LogP contribution in [-0.2, 0) is 11.2 Å². The van der Waals surface area contributed by atoms with Crippen molar-refractivity contribution in [2.24, 2.45) is 5.92 Å². The van der Waals surface area contributed by atoms with Crippen LogP contribution in [0.2, 0.25) is 0 Å². The SMILES string of the molecule is CC(=O)NC1CN(C(=O)N[C@H]2c3cc(C)ccc3C[C@@H]2C)C1. The summed E-state index contributed by atoms with van der Waals surface area (Å²) in [6.07, 6.45) is 1.01. The lowest BCUT2D eigenvalue weighted by Crippen LogP contribution is -2.62. The molecular weight excluding hydrogens is 278 g/mol. The number of hydrogen-bond acceptors (Lipinski definition) is 2. The molecule has 5 nitrogen and oxygen atoms in total. The second kappa shape index (κ2) is 5.63. The number of fused-ring (bicyclic) bond motifs is 1. The number of likely N-dealkylation sites (tertiary alicyclic amines) is 1. The lowest BCUT2D eigenvalue weighted by molar-refractivity contribution is -0.120. The minimum atomic E-state index is -0.0427. The fourth-order valence-corrected chi connectivity index (χ4v) is 3.43. The van der Waals surface area contributed by atoms with E-state index in [4.69, 9.17) is 0 Å². The molecule has 22 heavy (non-hydrogen) atoms. The topological polar surface area (TPSA) is 61.4 Å². The first-order valence-electron chi connectivity index (χ1n) is 7.86. The van der Waals surface area contributed by atoms with Crippen LogP contribution >= 0.6 is 0 Å². The highest BCUT2D eigenvalue weighted by Gasteiger charge is 2.35. The van der Waals surface area contributed by atoms with Gasteiger partial charge < -0.3 is 15.5 Å². The van der Waals surface area contributed by atoms with E-state index in [0.717, 1.165) is 6.42 Å². The first kappa shape index (κ1) is 14.9. The number of carbonyl (C=O) groups is 2. The highest BCUT2D eigenvalue weighted by Crippen LogP contribution is 2.36. The number of rotatable bonds is 2. The predicted octanol–water partition coefficient (Wildman–Crippen LogP) is 1.76. The molecule has 0 unspecified atom stereocenters. The van der Waals surface area contributed by atoms with Crippen LogP contribution in [0.3, 0.4) is 0 Å². The Morgan fingerprint density at radius 1 is 1.23 bits per heavy atom. The summed E-state index contributed by atoms with van der Waals surface area (Å²) in [5.74, 6) is 0.368. The van der Waals surface area contributed by atoms with Crippen molar-refractivity contribution in [1.29, 1.82) is 0 Å². The minimum Gasteiger partial charge on any atom is -0.350 e. The van der Waals surface area contributed by atoms with Gasteiger partial charge in [-0.25, -0.2) is 4.79 Å². The highest BCUT2D eigenvalue weighted by molar-refractivity contribution is 5.77. The number of urea groups is 1. The van der Waals surface area contributed by atoms with E-state index in [1.165, 1.54) is 23.6 Å². The quantitative estimate of drug-likeness (QED) is 0.874. The summed E-state index contributed by atoms with van der Waals surface area (Å²) in [5.41, 5.74) is 3.81. The van der Waals surface area contributed by atoms with Crippen LogP contribution in [0.15, 0.2) is 18.2 Å². The molecule has 2 atom stereocenters. The molecule has 118 valence electrons. The standard InChI is InChI=1S/C17H23N3O2/c1-10-4-5-13-7-11(2)16(15(13)6-10)19-17(22)20-8-14(9-20)18-12(3)21/h4-6,11,14,16H,7-9H2,1-3H3,(H,18,21)(H,19,22)/t11-,16+/m0/s1. The van der Waals surface area contributed by atoms with Gasteiger partial charge in [0, 0.05) is 20.0 Å². The van der Waals surface area contributed by atoms with Gasteiger partial charge in [-0.2, -0.15) is 0 Å². The van der Waals surface area contributed by atoms with Crippen LogP contribution in [0.4, 0.5) is 4.79 Å². The number of nitrogens with zero attached hydrogens (tertiary/aromatic N) is 1. The Morgan fingerprint density at radius 3 is 2.64 bits per heavy atom. The molecule has 0 spiro atoms. The number of carbonyl (C=O) groups excluding carboxylic acids is 2. The molecule has 5 heteroatoms. The van der Waals surface area contributed by atoms with Gasteiger partial charge in [-0.1, -0.05) is 30.7 Å². The monoisotopic (exact) mass is 301 g/mol. The molecule has 0 radical (unpaired) electrons. The molecular formula is C17H23N3O2. The predicted molar refractivity (Wildman–Crippen MR) is 84.5 cm³/mol. The molecule has 1 aromatic carbocycles. The van der Waals surface area contributed by atoms with Crippen LogP contribution in [0.5, 0.6) is 0 Å². The second-order valence-corrected chi connectivity index (χ2v) is 6.61. The first-order chi connectivity index (χ1) is 10.4. The zero-order chi connectivity index (χ0) is 15.9. The number of nitrogens with one attached hydrogen (secondary N) is 2. The van der Waals surface area contributed by atoms with Gasteiger partial charge in [-0.05, 0) is 30.4 Å². The number of amides is 3. The van der Waals surface area contributed by atoms with Crippen molar-refractivity contribution >= 4 is 11.9 Å². The first-order valence-corrected chi connectivity index (χ1v) is 7.86. The molecule has 3 amide bonds. The fourth-order valence-electron chi connectivity index (χ4n) is 3.43. The molecule has 1 fully saturated rings. The smallest absolute Gasteiger partial charge is 0.318 e. The summed E-state index contributed by atoms with van der Waals surface area (Å²) in [5, 5.41) is 5.99. The average Bonchev–Trinajstić information content (AvgIpc) is 2.69. The van der Waals surface area contributed by atoms with E-state index < -0.39 is 0 Å². The molecule has 1 aliphatic carbocycles. The maximum Gasteiger partial charge on any atom is 0.318 e. The van der Waals surface area contributed by atoms with Crippen molar-refractivity contribution in [1.82, 2.24) is 15.5 Å². The fraction of sp³-hybridized carbons (Fsp3) is 0.529. The van der Waals surface area contributed by atoms with Crippen LogP contribution in [0, 0.1) is 12.8 Å². The van der Waals surface area contributed by atoms with E-state index in [9.17, 15) is 9.59 Å². The molecule has 0 saturated carbocycles. The summed E-state index contributed by atoms with van der Waals surface area (Å²) < 4.78 is 0. The van der Waals surface area contributed by atoms with Gasteiger partial charge in [0.15, 0.2) is 0 Å². The summed E-state index contributed by atoms with van der Waals surface area (Å²) in [4.78, 5) is 25.1. The molecule has 0 aromatic heterocycles. The van der Waals surface area contributed by atoms with Crippen LogP contribution in [-0.4, -0.2) is 36.0 Å². The Hall–Kier alpha value is -2.04. The lowest BCUT2D eigenvalue weighted by atomic mass is 10.0. The van der Waals surface area contributed by atoms with Gasteiger partial charge in [-0.15, -0.1) is 0 Å². The van der Waals surface area contributed by atoms with Crippen molar-refractivity contribution in [2.45, 2.75) is 39.3 Å². The van der Waals surface area contributed by atoms with Gasteiger partial charge >= 0.3 is 6.03 Å². The van der Waals surface area contributed by atoms with Gasteiger partial charge in [0.2, 0.25) is 5.91 Å². The number of aryl methyl sites for hydroxylation is 1. The van der Waals surface area contributed by atoms with Gasteiger partial charge in [0.25, 0.3) is 0 Å². The third-order valence-corrected chi connectivity index (χ3v) is 4.60. The van der Waals surface area contributed by atoms with E-state index in [-0.39, 0.29) is 24.0 Å². The van der Waals surface area contributed by atoms with E-state index in [1.807, 2.05) is 0 Å². The van der Waals surface area contributed by atoms with Crippen LogP contribution < -0.4 is 10.6 Å². The van der Waals surface area contributed by atoms with Gasteiger partial charge in [0.1, 0.15) is 0 Å². The summed E-state index contributed by atoms with van der Waals surface area (Å²) in [6.45, 7) is 6.94.